The minimum absolute atomic E-state index is 0.124. The highest BCUT2D eigenvalue weighted by Crippen LogP contribution is 2.33. The molecule has 0 unspecified atom stereocenters. The molecule has 174 valence electrons. The first-order chi connectivity index (χ1) is 17.0. The van der Waals surface area contributed by atoms with E-state index in [1.54, 1.807) is 18.3 Å². The van der Waals surface area contributed by atoms with Crippen LogP contribution in [-0.4, -0.2) is 21.6 Å². The predicted molar refractivity (Wildman–Crippen MR) is 145 cm³/mol. The zero-order valence-corrected chi connectivity index (χ0v) is 21.0. The summed E-state index contributed by atoms with van der Waals surface area (Å²) < 4.78 is 15.6. The molecule has 2 heterocycles. The molecule has 1 amide bonds. The van der Waals surface area contributed by atoms with E-state index in [0.29, 0.717) is 29.5 Å². The van der Waals surface area contributed by atoms with Crippen LogP contribution in [0, 0.1) is 5.82 Å². The average Bonchev–Trinajstić information content (AvgIpc) is 3.01. The summed E-state index contributed by atoms with van der Waals surface area (Å²) in [4.78, 5) is 25.4. The number of aliphatic imine (C=N–C) groups is 1. The van der Waals surface area contributed by atoms with Crippen LogP contribution in [0.15, 0.2) is 77.9 Å². The van der Waals surface area contributed by atoms with Crippen molar-refractivity contribution in [2.75, 3.05) is 10.6 Å². The van der Waals surface area contributed by atoms with Gasteiger partial charge in [-0.25, -0.2) is 14.4 Å². The fourth-order valence-electron chi connectivity index (χ4n) is 4.00. The number of carbonyl (C=O) groups excluding carboxylic acids is 1. The van der Waals surface area contributed by atoms with Crippen LogP contribution in [0.5, 0.6) is 0 Å². The van der Waals surface area contributed by atoms with Crippen LogP contribution in [0.1, 0.15) is 29.2 Å². The van der Waals surface area contributed by atoms with E-state index >= 15 is 0 Å². The molecule has 3 aromatic carbocycles. The number of fused-ring (bicyclic) bond motifs is 3. The molecule has 4 aromatic rings. The number of carbonyl (C=O) groups is 1. The second kappa shape index (κ2) is 9.91. The lowest BCUT2D eigenvalue weighted by molar-refractivity contribution is -0.114. The van der Waals surface area contributed by atoms with Gasteiger partial charge in [-0.3, -0.25) is 9.79 Å². The Morgan fingerprint density at radius 2 is 1.77 bits per heavy atom. The van der Waals surface area contributed by atoms with Crippen molar-refractivity contribution in [1.82, 2.24) is 9.97 Å². The second-order valence-electron chi connectivity index (χ2n) is 8.11. The molecule has 0 radical (unpaired) electrons. The molecule has 0 aliphatic carbocycles. The molecule has 6 nitrogen and oxygen atoms in total. The maximum atomic E-state index is 14.8. The molecule has 8 heteroatoms. The van der Waals surface area contributed by atoms with Crippen LogP contribution in [0.25, 0.3) is 11.3 Å². The number of halogens is 2. The first-order valence-corrected chi connectivity index (χ1v) is 12.5. The lowest BCUT2D eigenvalue weighted by Crippen LogP contribution is -2.08. The van der Waals surface area contributed by atoms with Gasteiger partial charge in [0, 0.05) is 51.2 Å². The SMILES string of the molecule is CC(=O)Nc1ccc(Nc2ncc3c(n2)-c2ccc(CI)cc2C(c2ccccc2F)=NC3)cc1. The Morgan fingerprint density at radius 3 is 2.51 bits per heavy atom. The highest BCUT2D eigenvalue weighted by molar-refractivity contribution is 14.1. The minimum Gasteiger partial charge on any atom is -0.326 e. The van der Waals surface area contributed by atoms with Crippen LogP contribution in [0.2, 0.25) is 0 Å². The smallest absolute Gasteiger partial charge is 0.227 e. The Balaban J connectivity index is 1.54. The molecule has 0 saturated heterocycles. The summed E-state index contributed by atoms with van der Waals surface area (Å²) in [6, 6.07) is 20.2. The Labute approximate surface area is 215 Å². The average molecular weight is 577 g/mol. The molecule has 0 spiro atoms. The summed E-state index contributed by atoms with van der Waals surface area (Å²) in [6.07, 6.45) is 1.76. The molecule has 0 saturated carbocycles. The third kappa shape index (κ3) is 4.93. The molecule has 5 rings (SSSR count). The quantitative estimate of drug-likeness (QED) is 0.217. The fraction of sp³-hybridized carbons (Fsp3) is 0.111. The summed E-state index contributed by atoms with van der Waals surface area (Å²) in [6.45, 7) is 1.82. The van der Waals surface area contributed by atoms with Gasteiger partial charge < -0.3 is 10.6 Å². The van der Waals surface area contributed by atoms with E-state index in [9.17, 15) is 9.18 Å². The number of benzene rings is 3. The molecule has 0 bridgehead atoms. The molecular weight excluding hydrogens is 556 g/mol. The van der Waals surface area contributed by atoms with Gasteiger partial charge in [0.1, 0.15) is 5.82 Å². The molecule has 1 aliphatic rings. The third-order valence-electron chi connectivity index (χ3n) is 5.61. The zero-order valence-electron chi connectivity index (χ0n) is 18.8. The number of amides is 1. The molecule has 0 atom stereocenters. The van der Waals surface area contributed by atoms with Gasteiger partial charge in [-0.05, 0) is 48.0 Å². The normalized spacial score (nSPS) is 12.1. The van der Waals surface area contributed by atoms with Gasteiger partial charge in [0.25, 0.3) is 0 Å². The Hall–Kier alpha value is -3.66. The number of aromatic nitrogens is 2. The number of nitrogens with zero attached hydrogens (tertiary/aromatic N) is 3. The Morgan fingerprint density at radius 1 is 1.00 bits per heavy atom. The molecule has 2 N–H and O–H groups in total. The van der Waals surface area contributed by atoms with Crippen molar-refractivity contribution in [3.8, 4) is 11.3 Å². The van der Waals surface area contributed by atoms with E-state index in [0.717, 1.165) is 38.1 Å². The van der Waals surface area contributed by atoms with Gasteiger partial charge >= 0.3 is 0 Å². The van der Waals surface area contributed by atoms with E-state index in [-0.39, 0.29) is 11.7 Å². The number of hydrogen-bond donors (Lipinski definition) is 2. The molecule has 1 aromatic heterocycles. The largest absolute Gasteiger partial charge is 0.326 e. The van der Waals surface area contributed by atoms with Crippen molar-refractivity contribution in [2.24, 2.45) is 4.99 Å². The van der Waals surface area contributed by atoms with Gasteiger partial charge in [-0.15, -0.1) is 0 Å². The number of alkyl halides is 1. The van der Waals surface area contributed by atoms with Crippen molar-refractivity contribution in [3.63, 3.8) is 0 Å². The van der Waals surface area contributed by atoms with Crippen LogP contribution >= 0.6 is 22.6 Å². The minimum atomic E-state index is -0.306. The van der Waals surface area contributed by atoms with Gasteiger partial charge in [-0.2, -0.15) is 0 Å². The van der Waals surface area contributed by atoms with E-state index in [4.69, 9.17) is 9.98 Å². The van der Waals surface area contributed by atoms with E-state index in [1.807, 2.05) is 36.4 Å². The van der Waals surface area contributed by atoms with Crippen molar-refractivity contribution < 1.29 is 9.18 Å². The summed E-state index contributed by atoms with van der Waals surface area (Å²) in [5.74, 6) is 0.00891. The first-order valence-electron chi connectivity index (χ1n) is 11.0. The fourth-order valence-corrected chi connectivity index (χ4v) is 4.47. The van der Waals surface area contributed by atoms with Crippen LogP contribution in [-0.2, 0) is 15.8 Å². The zero-order chi connectivity index (χ0) is 24.4. The highest BCUT2D eigenvalue weighted by Gasteiger charge is 2.23. The lowest BCUT2D eigenvalue weighted by atomic mass is 9.93. The van der Waals surface area contributed by atoms with Crippen LogP contribution in [0.4, 0.5) is 21.7 Å². The van der Waals surface area contributed by atoms with Gasteiger partial charge in [0.15, 0.2) is 0 Å². The molecular formula is C27H21FIN5O. The highest BCUT2D eigenvalue weighted by atomic mass is 127. The van der Waals surface area contributed by atoms with E-state index < -0.39 is 0 Å². The first kappa shape index (κ1) is 23.1. The summed E-state index contributed by atoms with van der Waals surface area (Å²) in [5.41, 5.74) is 7.09. The summed E-state index contributed by atoms with van der Waals surface area (Å²) >= 11 is 2.32. The maximum Gasteiger partial charge on any atom is 0.227 e. The topological polar surface area (TPSA) is 79.3 Å². The number of rotatable bonds is 5. The van der Waals surface area contributed by atoms with Gasteiger partial charge in [-0.1, -0.05) is 46.9 Å². The summed E-state index contributed by atoms with van der Waals surface area (Å²) in [7, 11) is 0. The lowest BCUT2D eigenvalue weighted by Gasteiger charge is -2.14. The van der Waals surface area contributed by atoms with Crippen molar-refractivity contribution >= 4 is 51.5 Å². The van der Waals surface area contributed by atoms with Crippen molar-refractivity contribution in [3.05, 3.63) is 101 Å². The van der Waals surface area contributed by atoms with Crippen molar-refractivity contribution in [1.29, 1.82) is 0 Å². The second-order valence-corrected chi connectivity index (χ2v) is 8.87. The Bertz CT molecular complexity index is 1450. The van der Waals surface area contributed by atoms with E-state index in [1.165, 1.54) is 13.0 Å². The molecule has 35 heavy (non-hydrogen) atoms. The van der Waals surface area contributed by atoms with Crippen LogP contribution < -0.4 is 10.6 Å². The molecule has 0 fully saturated rings. The van der Waals surface area contributed by atoms with Crippen LogP contribution in [0.3, 0.4) is 0 Å². The third-order valence-corrected chi connectivity index (χ3v) is 6.49. The summed E-state index contributed by atoms with van der Waals surface area (Å²) in [5, 5.41) is 5.97. The number of anilines is 3. The van der Waals surface area contributed by atoms with Gasteiger partial charge in [0.2, 0.25) is 11.9 Å². The van der Waals surface area contributed by atoms with E-state index in [2.05, 4.69) is 50.3 Å². The van der Waals surface area contributed by atoms with Gasteiger partial charge in [0.05, 0.1) is 18.0 Å². The maximum absolute atomic E-state index is 14.8. The van der Waals surface area contributed by atoms with Crippen molar-refractivity contribution in [2.45, 2.75) is 17.9 Å². The molecule has 1 aliphatic heterocycles. The standard InChI is InChI=1S/C27H21FIN5O/c1-16(35)32-19-7-9-20(10-8-19)33-27-31-15-18-14-30-26(22-4-2-3-5-24(22)28)23-12-17(13-29)6-11-21(23)25(18)34-27/h2-12,15H,13-14H2,1H3,(H,32,35)(H,31,33,34). The number of nitrogens with one attached hydrogen (secondary N) is 2. The monoisotopic (exact) mass is 577 g/mol. The predicted octanol–water partition coefficient (Wildman–Crippen LogP) is 6.27. The Kier molecular flexibility index (Phi) is 6.54. The number of hydrogen-bond acceptors (Lipinski definition) is 5.